The fourth-order valence-corrected chi connectivity index (χ4v) is 1.85. The van der Waals surface area contributed by atoms with E-state index in [0.717, 1.165) is 12.8 Å². The van der Waals surface area contributed by atoms with Gasteiger partial charge < -0.3 is 20.1 Å². The summed E-state index contributed by atoms with van der Waals surface area (Å²) in [6.07, 6.45) is 1.46. The monoisotopic (exact) mass is 186 g/mol. The first kappa shape index (κ1) is 8.77. The van der Waals surface area contributed by atoms with Crippen LogP contribution in [0.4, 0.5) is 4.79 Å². The SMILES string of the molecule is NC(=O)N1CCC2(CC1)OCCO2. The predicted molar refractivity (Wildman–Crippen MR) is 45.0 cm³/mol. The van der Waals surface area contributed by atoms with E-state index in [1.165, 1.54) is 0 Å². The molecule has 1 spiro atoms. The third-order valence-electron chi connectivity index (χ3n) is 2.65. The second-order valence-electron chi connectivity index (χ2n) is 3.43. The minimum atomic E-state index is -0.411. The maximum atomic E-state index is 10.8. The number of hydrogen-bond acceptors (Lipinski definition) is 3. The Hall–Kier alpha value is -0.810. The lowest BCUT2D eigenvalue weighted by atomic mass is 10.0. The van der Waals surface area contributed by atoms with Gasteiger partial charge in [0.15, 0.2) is 5.79 Å². The summed E-state index contributed by atoms with van der Waals surface area (Å²) < 4.78 is 11.0. The van der Waals surface area contributed by atoms with Gasteiger partial charge in [-0.15, -0.1) is 0 Å². The molecule has 0 aromatic carbocycles. The number of ether oxygens (including phenoxy) is 2. The van der Waals surface area contributed by atoms with Crippen molar-refractivity contribution in [1.82, 2.24) is 4.90 Å². The number of piperidine rings is 1. The average Bonchev–Trinajstić information content (AvgIpc) is 2.54. The molecule has 0 bridgehead atoms. The first-order chi connectivity index (χ1) is 6.22. The van der Waals surface area contributed by atoms with Crippen LogP contribution in [0.3, 0.4) is 0 Å². The van der Waals surface area contributed by atoms with Crippen molar-refractivity contribution in [2.45, 2.75) is 18.6 Å². The Morgan fingerprint density at radius 1 is 1.23 bits per heavy atom. The molecule has 0 radical (unpaired) electrons. The molecule has 2 N–H and O–H groups in total. The van der Waals surface area contributed by atoms with Gasteiger partial charge in [-0.25, -0.2) is 4.79 Å². The van der Waals surface area contributed by atoms with E-state index in [9.17, 15) is 4.79 Å². The van der Waals surface area contributed by atoms with Gasteiger partial charge in [0.05, 0.1) is 13.2 Å². The number of nitrogens with two attached hydrogens (primary N) is 1. The molecule has 2 rings (SSSR count). The minimum Gasteiger partial charge on any atom is -0.351 e. The summed E-state index contributed by atoms with van der Waals surface area (Å²) in [5, 5.41) is 0. The molecule has 0 aromatic heterocycles. The predicted octanol–water partition coefficient (Wildman–Crippen LogP) is -0.0960. The Bertz CT molecular complexity index is 203. The van der Waals surface area contributed by atoms with Crippen LogP contribution in [0.15, 0.2) is 0 Å². The standard InChI is InChI=1S/C8H14N2O3/c9-7(11)10-3-1-8(2-4-10)12-5-6-13-8/h1-6H2,(H2,9,11). The number of rotatable bonds is 0. The number of hydrogen-bond donors (Lipinski definition) is 1. The van der Waals surface area contributed by atoms with Crippen LogP contribution in [0.25, 0.3) is 0 Å². The number of likely N-dealkylation sites (tertiary alicyclic amines) is 1. The highest BCUT2D eigenvalue weighted by atomic mass is 16.7. The molecule has 2 aliphatic rings. The van der Waals surface area contributed by atoms with Gasteiger partial charge in [-0.3, -0.25) is 0 Å². The highest BCUT2D eigenvalue weighted by molar-refractivity contribution is 5.72. The van der Waals surface area contributed by atoms with Crippen molar-refractivity contribution in [3.63, 3.8) is 0 Å². The molecule has 2 fully saturated rings. The molecular formula is C8H14N2O3. The summed E-state index contributed by atoms with van der Waals surface area (Å²) in [6, 6.07) is -0.354. The first-order valence-corrected chi connectivity index (χ1v) is 4.54. The van der Waals surface area contributed by atoms with E-state index in [0.29, 0.717) is 26.3 Å². The fourth-order valence-electron chi connectivity index (χ4n) is 1.85. The van der Waals surface area contributed by atoms with Gasteiger partial charge >= 0.3 is 6.03 Å². The Labute approximate surface area is 76.8 Å². The molecule has 5 heteroatoms. The van der Waals surface area contributed by atoms with Crippen LogP contribution in [0.2, 0.25) is 0 Å². The van der Waals surface area contributed by atoms with Crippen molar-refractivity contribution in [2.75, 3.05) is 26.3 Å². The highest BCUT2D eigenvalue weighted by Gasteiger charge is 2.40. The Kier molecular flexibility index (Phi) is 2.13. The number of amides is 2. The van der Waals surface area contributed by atoms with Crippen molar-refractivity contribution in [2.24, 2.45) is 5.73 Å². The first-order valence-electron chi connectivity index (χ1n) is 4.54. The topological polar surface area (TPSA) is 64.8 Å². The van der Waals surface area contributed by atoms with Crippen LogP contribution in [-0.2, 0) is 9.47 Å². The molecule has 2 saturated heterocycles. The molecule has 2 amide bonds. The Morgan fingerprint density at radius 2 is 1.77 bits per heavy atom. The summed E-state index contributed by atoms with van der Waals surface area (Å²) in [5.74, 6) is -0.411. The molecule has 0 aliphatic carbocycles. The van der Waals surface area contributed by atoms with E-state index < -0.39 is 5.79 Å². The summed E-state index contributed by atoms with van der Waals surface area (Å²) in [4.78, 5) is 12.4. The van der Waals surface area contributed by atoms with E-state index in [4.69, 9.17) is 15.2 Å². The number of nitrogens with zero attached hydrogens (tertiary/aromatic N) is 1. The molecule has 2 aliphatic heterocycles. The molecule has 74 valence electrons. The summed E-state index contributed by atoms with van der Waals surface area (Å²) in [7, 11) is 0. The van der Waals surface area contributed by atoms with Gasteiger partial charge in [0.2, 0.25) is 0 Å². The van der Waals surface area contributed by atoms with Gasteiger partial charge in [-0.2, -0.15) is 0 Å². The van der Waals surface area contributed by atoms with Gasteiger partial charge in [-0.05, 0) is 0 Å². The van der Waals surface area contributed by atoms with E-state index in [2.05, 4.69) is 0 Å². The zero-order valence-corrected chi connectivity index (χ0v) is 7.49. The van der Waals surface area contributed by atoms with Crippen molar-refractivity contribution >= 4 is 6.03 Å². The van der Waals surface area contributed by atoms with E-state index in [-0.39, 0.29) is 6.03 Å². The third kappa shape index (κ3) is 1.62. The van der Waals surface area contributed by atoms with E-state index >= 15 is 0 Å². The molecule has 13 heavy (non-hydrogen) atoms. The number of urea groups is 1. The van der Waals surface area contributed by atoms with E-state index in [1.54, 1.807) is 4.90 Å². The third-order valence-corrected chi connectivity index (χ3v) is 2.65. The second-order valence-corrected chi connectivity index (χ2v) is 3.43. The van der Waals surface area contributed by atoms with Gasteiger partial charge in [0.25, 0.3) is 0 Å². The lowest BCUT2D eigenvalue weighted by molar-refractivity contribution is -0.181. The van der Waals surface area contributed by atoms with Gasteiger partial charge in [0, 0.05) is 25.9 Å². The lowest BCUT2D eigenvalue weighted by Gasteiger charge is -2.36. The maximum Gasteiger partial charge on any atom is 0.314 e. The van der Waals surface area contributed by atoms with Crippen molar-refractivity contribution in [1.29, 1.82) is 0 Å². The zero-order valence-electron chi connectivity index (χ0n) is 7.49. The van der Waals surface area contributed by atoms with Gasteiger partial charge in [-0.1, -0.05) is 0 Å². The van der Waals surface area contributed by atoms with Crippen molar-refractivity contribution in [3.8, 4) is 0 Å². The average molecular weight is 186 g/mol. The molecular weight excluding hydrogens is 172 g/mol. The molecule has 5 nitrogen and oxygen atoms in total. The zero-order chi connectivity index (χ0) is 9.31. The molecule has 2 heterocycles. The molecule has 0 aromatic rings. The normalized spacial score (nSPS) is 26.6. The maximum absolute atomic E-state index is 10.8. The van der Waals surface area contributed by atoms with Gasteiger partial charge in [0.1, 0.15) is 0 Å². The summed E-state index contributed by atoms with van der Waals surface area (Å²) in [6.45, 7) is 2.60. The fraction of sp³-hybridized carbons (Fsp3) is 0.875. The smallest absolute Gasteiger partial charge is 0.314 e. The van der Waals surface area contributed by atoms with Crippen LogP contribution in [0.5, 0.6) is 0 Å². The Morgan fingerprint density at radius 3 is 2.23 bits per heavy atom. The second kappa shape index (κ2) is 3.16. The Balaban J connectivity index is 1.91. The van der Waals surface area contributed by atoms with Crippen LogP contribution < -0.4 is 5.73 Å². The number of primary amides is 1. The molecule has 0 atom stereocenters. The lowest BCUT2D eigenvalue weighted by Crippen LogP contribution is -2.48. The van der Waals surface area contributed by atoms with Crippen LogP contribution in [-0.4, -0.2) is 43.0 Å². The van der Waals surface area contributed by atoms with Crippen LogP contribution in [0.1, 0.15) is 12.8 Å². The van der Waals surface area contributed by atoms with Crippen LogP contribution >= 0.6 is 0 Å². The quantitative estimate of drug-likeness (QED) is 0.574. The van der Waals surface area contributed by atoms with Crippen molar-refractivity contribution < 1.29 is 14.3 Å². The summed E-state index contributed by atoms with van der Waals surface area (Å²) in [5.41, 5.74) is 5.16. The number of carbonyl (C=O) groups is 1. The summed E-state index contributed by atoms with van der Waals surface area (Å²) >= 11 is 0. The largest absolute Gasteiger partial charge is 0.351 e. The van der Waals surface area contributed by atoms with Crippen molar-refractivity contribution in [3.05, 3.63) is 0 Å². The van der Waals surface area contributed by atoms with E-state index in [1.807, 2.05) is 0 Å². The highest BCUT2D eigenvalue weighted by Crippen LogP contribution is 2.30. The molecule has 0 saturated carbocycles. The van der Waals surface area contributed by atoms with Crippen LogP contribution in [0, 0.1) is 0 Å². The molecule has 0 unspecified atom stereocenters. The minimum absolute atomic E-state index is 0.354. The number of carbonyl (C=O) groups excluding carboxylic acids is 1.